The lowest BCUT2D eigenvalue weighted by Crippen LogP contribution is -2.48. The van der Waals surface area contributed by atoms with E-state index in [1.807, 2.05) is 0 Å². The second kappa shape index (κ2) is 6.41. The van der Waals surface area contributed by atoms with Crippen molar-refractivity contribution in [2.75, 3.05) is 28.7 Å². The van der Waals surface area contributed by atoms with Gasteiger partial charge in [0.15, 0.2) is 9.84 Å². The summed E-state index contributed by atoms with van der Waals surface area (Å²) < 4.78 is 24.4. The van der Waals surface area contributed by atoms with E-state index < -0.39 is 21.2 Å². The van der Waals surface area contributed by atoms with Crippen LogP contribution in [0, 0.1) is 0 Å². The Morgan fingerprint density at radius 3 is 2.90 bits per heavy atom. The van der Waals surface area contributed by atoms with Crippen molar-refractivity contribution in [2.24, 2.45) is 0 Å². The van der Waals surface area contributed by atoms with Crippen LogP contribution in [0.25, 0.3) is 0 Å². The first-order valence-electron chi connectivity index (χ1n) is 6.32. The minimum atomic E-state index is -3.29. The predicted octanol–water partition coefficient (Wildman–Crippen LogP) is 1.75. The number of thioether (sulfide) groups is 1. The molecular formula is C12H15ClN2O4S2. The van der Waals surface area contributed by atoms with Crippen LogP contribution in [0.3, 0.4) is 0 Å². The average Bonchev–Trinajstić information content (AvgIpc) is 2.46. The molecule has 1 fully saturated rings. The minimum Gasteiger partial charge on any atom is -0.478 e. The highest BCUT2D eigenvalue weighted by Crippen LogP contribution is 2.28. The number of nitrogens with zero attached hydrogens (tertiary/aromatic N) is 2. The van der Waals surface area contributed by atoms with Gasteiger partial charge in [-0.1, -0.05) is 18.5 Å². The number of carboxylic acid groups (broad SMARTS) is 1. The summed E-state index contributed by atoms with van der Waals surface area (Å²) in [5.74, 6) is 0.393. The summed E-state index contributed by atoms with van der Waals surface area (Å²) in [5.41, 5.74) is -0.00382. The molecule has 1 aliphatic heterocycles. The highest BCUT2D eigenvalue weighted by Gasteiger charge is 2.34. The molecule has 0 aliphatic carbocycles. The molecule has 1 saturated heterocycles. The van der Waals surface area contributed by atoms with Gasteiger partial charge in [0.2, 0.25) is 0 Å². The summed E-state index contributed by atoms with van der Waals surface area (Å²) in [7, 11) is -3.29. The Morgan fingerprint density at radius 2 is 2.29 bits per heavy atom. The van der Waals surface area contributed by atoms with Crippen LogP contribution in [0.2, 0.25) is 5.15 Å². The van der Waals surface area contributed by atoms with Gasteiger partial charge in [0.25, 0.3) is 0 Å². The van der Waals surface area contributed by atoms with E-state index in [1.165, 1.54) is 12.1 Å². The van der Waals surface area contributed by atoms with Crippen molar-refractivity contribution in [3.63, 3.8) is 0 Å². The summed E-state index contributed by atoms with van der Waals surface area (Å²) in [6.45, 7) is 2.09. The van der Waals surface area contributed by atoms with Crippen molar-refractivity contribution in [2.45, 2.75) is 12.3 Å². The van der Waals surface area contributed by atoms with Crippen LogP contribution in [0.1, 0.15) is 17.3 Å². The standard InChI is InChI=1S/C12H15ClN2O4S2/c1-2-21(18,19)11-7-20-4-3-15(11)10-6-8(12(16)17)5-9(13)14-10/h5-6,11H,2-4,7H2,1H3,(H,16,17). The molecule has 0 radical (unpaired) electrons. The van der Waals surface area contributed by atoms with Crippen molar-refractivity contribution in [3.05, 3.63) is 22.8 Å². The maximum Gasteiger partial charge on any atom is 0.335 e. The molecule has 1 aliphatic rings. The summed E-state index contributed by atoms with van der Waals surface area (Å²) >= 11 is 7.41. The van der Waals surface area contributed by atoms with E-state index in [9.17, 15) is 13.2 Å². The second-order valence-electron chi connectivity index (χ2n) is 4.52. The van der Waals surface area contributed by atoms with Gasteiger partial charge in [0.05, 0.1) is 5.56 Å². The van der Waals surface area contributed by atoms with Crippen LogP contribution in [0.4, 0.5) is 5.82 Å². The van der Waals surface area contributed by atoms with Gasteiger partial charge in [-0.05, 0) is 12.1 Å². The first kappa shape index (κ1) is 16.4. The molecule has 0 spiro atoms. The van der Waals surface area contributed by atoms with Gasteiger partial charge in [0.1, 0.15) is 16.3 Å². The molecule has 1 atom stereocenters. The number of aromatic nitrogens is 1. The molecule has 9 heteroatoms. The molecule has 116 valence electrons. The topological polar surface area (TPSA) is 87.6 Å². The van der Waals surface area contributed by atoms with Gasteiger partial charge in [-0.2, -0.15) is 11.8 Å². The number of hydrogen-bond acceptors (Lipinski definition) is 6. The normalized spacial score (nSPS) is 19.5. The van der Waals surface area contributed by atoms with E-state index in [0.29, 0.717) is 18.1 Å². The fraction of sp³-hybridized carbons (Fsp3) is 0.500. The SMILES string of the molecule is CCS(=O)(=O)C1CSCCN1c1cc(C(=O)O)cc(Cl)n1. The molecule has 0 aromatic carbocycles. The van der Waals surface area contributed by atoms with Crippen molar-refractivity contribution < 1.29 is 18.3 Å². The van der Waals surface area contributed by atoms with Crippen LogP contribution in [-0.4, -0.2) is 53.7 Å². The van der Waals surface area contributed by atoms with Gasteiger partial charge >= 0.3 is 5.97 Å². The maximum atomic E-state index is 12.2. The zero-order valence-electron chi connectivity index (χ0n) is 11.3. The third kappa shape index (κ3) is 3.61. The monoisotopic (exact) mass is 350 g/mol. The largest absolute Gasteiger partial charge is 0.478 e. The van der Waals surface area contributed by atoms with Crippen molar-refractivity contribution in [1.29, 1.82) is 0 Å². The quantitative estimate of drug-likeness (QED) is 0.827. The van der Waals surface area contributed by atoms with E-state index in [1.54, 1.807) is 23.6 Å². The van der Waals surface area contributed by atoms with Crippen molar-refractivity contribution >= 4 is 45.0 Å². The minimum absolute atomic E-state index is 0.00382. The van der Waals surface area contributed by atoms with Gasteiger partial charge in [0, 0.05) is 23.8 Å². The number of aromatic carboxylic acids is 1. The van der Waals surface area contributed by atoms with Crippen LogP contribution >= 0.6 is 23.4 Å². The molecule has 6 nitrogen and oxygen atoms in total. The smallest absolute Gasteiger partial charge is 0.335 e. The van der Waals surface area contributed by atoms with Crippen LogP contribution in [-0.2, 0) is 9.84 Å². The summed E-state index contributed by atoms with van der Waals surface area (Å²) in [6, 6.07) is 2.61. The Morgan fingerprint density at radius 1 is 1.57 bits per heavy atom. The zero-order chi connectivity index (χ0) is 15.6. The highest BCUT2D eigenvalue weighted by molar-refractivity contribution is 8.01. The van der Waals surface area contributed by atoms with Crippen LogP contribution < -0.4 is 4.90 Å². The molecule has 2 heterocycles. The molecule has 1 N–H and O–H groups in total. The Labute approximate surface area is 132 Å². The van der Waals surface area contributed by atoms with Gasteiger partial charge in [-0.3, -0.25) is 0 Å². The summed E-state index contributed by atoms with van der Waals surface area (Å²) in [4.78, 5) is 16.8. The van der Waals surface area contributed by atoms with E-state index in [2.05, 4.69) is 4.98 Å². The van der Waals surface area contributed by atoms with Crippen LogP contribution in [0.15, 0.2) is 12.1 Å². The first-order valence-corrected chi connectivity index (χ1v) is 9.57. The number of sulfone groups is 1. The number of carbonyl (C=O) groups is 1. The van der Waals surface area contributed by atoms with E-state index in [0.717, 1.165) is 5.75 Å². The predicted molar refractivity (Wildman–Crippen MR) is 84.1 cm³/mol. The van der Waals surface area contributed by atoms with Crippen LogP contribution in [0.5, 0.6) is 0 Å². The first-order chi connectivity index (χ1) is 9.85. The van der Waals surface area contributed by atoms with E-state index in [-0.39, 0.29) is 16.5 Å². The van der Waals surface area contributed by atoms with Crippen molar-refractivity contribution in [1.82, 2.24) is 4.98 Å². The highest BCUT2D eigenvalue weighted by atomic mass is 35.5. The fourth-order valence-electron chi connectivity index (χ4n) is 2.09. The zero-order valence-corrected chi connectivity index (χ0v) is 13.7. The molecule has 21 heavy (non-hydrogen) atoms. The Kier molecular flexibility index (Phi) is 5.00. The Balaban J connectivity index is 2.45. The van der Waals surface area contributed by atoms with E-state index in [4.69, 9.17) is 16.7 Å². The number of hydrogen-bond donors (Lipinski definition) is 1. The number of rotatable bonds is 4. The lowest BCUT2D eigenvalue weighted by Gasteiger charge is -2.35. The average molecular weight is 351 g/mol. The lowest BCUT2D eigenvalue weighted by atomic mass is 10.2. The van der Waals surface area contributed by atoms with E-state index >= 15 is 0 Å². The maximum absolute atomic E-state index is 12.2. The number of halogens is 1. The second-order valence-corrected chi connectivity index (χ2v) is 8.50. The Bertz CT molecular complexity index is 651. The molecule has 0 saturated carbocycles. The number of carboxylic acids is 1. The Hall–Kier alpha value is -0.990. The molecule has 0 bridgehead atoms. The summed E-state index contributed by atoms with van der Waals surface area (Å²) in [5, 5.41) is 8.41. The fourth-order valence-corrected chi connectivity index (χ4v) is 5.27. The number of pyridine rings is 1. The third-order valence-electron chi connectivity index (χ3n) is 3.22. The summed E-state index contributed by atoms with van der Waals surface area (Å²) in [6.07, 6.45) is 0. The molecule has 2 rings (SSSR count). The molecule has 1 aromatic rings. The molecule has 1 unspecified atom stereocenters. The molecular weight excluding hydrogens is 336 g/mol. The molecule has 0 amide bonds. The van der Waals surface area contributed by atoms with Crippen molar-refractivity contribution in [3.8, 4) is 0 Å². The van der Waals surface area contributed by atoms with Gasteiger partial charge < -0.3 is 10.0 Å². The lowest BCUT2D eigenvalue weighted by molar-refractivity contribution is 0.0696. The van der Waals surface area contributed by atoms with Gasteiger partial charge in [-0.25, -0.2) is 18.2 Å². The third-order valence-corrected chi connectivity index (χ3v) is 6.71. The van der Waals surface area contributed by atoms with Gasteiger partial charge in [-0.15, -0.1) is 0 Å². The molecule has 1 aromatic heterocycles. The number of anilines is 1.